The molecule has 202 valence electrons. The standard InChI is InChI=1S/C33H37N3O3/c1-19-24-8-11-28(19)36(16-24)33(37)23-7-10-27-20(2)32(39-31(27)13-23)30-12-22-6-9-25(34-17-26(18-34)38-3)14-29(22)35(30)15-21-4-5-21/h6-7,9-10,12-14,19,21,24,26,28H,4-5,8,11,15-18H2,1-3H3. The summed E-state index contributed by atoms with van der Waals surface area (Å²) in [6, 6.07) is 15.6. The molecule has 4 fully saturated rings. The van der Waals surface area contributed by atoms with Crippen LogP contribution in [0.15, 0.2) is 46.9 Å². The maximum Gasteiger partial charge on any atom is 0.254 e. The topological polar surface area (TPSA) is 50.9 Å². The van der Waals surface area contributed by atoms with E-state index in [9.17, 15) is 4.79 Å². The van der Waals surface area contributed by atoms with Gasteiger partial charge in [-0.2, -0.15) is 0 Å². The number of rotatable bonds is 6. The van der Waals surface area contributed by atoms with Crippen LogP contribution >= 0.6 is 0 Å². The van der Waals surface area contributed by atoms with Crippen molar-refractivity contribution in [3.63, 3.8) is 0 Å². The number of nitrogens with zero attached hydrogens (tertiary/aromatic N) is 3. The van der Waals surface area contributed by atoms with Gasteiger partial charge >= 0.3 is 0 Å². The number of carbonyl (C=O) groups is 1. The van der Waals surface area contributed by atoms with E-state index in [2.05, 4.69) is 58.5 Å². The Bertz CT molecular complexity index is 1610. The lowest BCUT2D eigenvalue weighted by atomic mass is 10.0. The summed E-state index contributed by atoms with van der Waals surface area (Å²) in [4.78, 5) is 18.0. The van der Waals surface area contributed by atoms with Crippen molar-refractivity contribution in [2.75, 3.05) is 31.6 Å². The normalized spacial score (nSPS) is 24.8. The van der Waals surface area contributed by atoms with Crippen molar-refractivity contribution in [3.8, 4) is 11.5 Å². The molecule has 2 aromatic heterocycles. The van der Waals surface area contributed by atoms with Gasteiger partial charge in [-0.3, -0.25) is 4.79 Å². The van der Waals surface area contributed by atoms with Crippen molar-refractivity contribution in [2.24, 2.45) is 17.8 Å². The van der Waals surface area contributed by atoms with Gasteiger partial charge in [0.1, 0.15) is 5.58 Å². The molecule has 6 nitrogen and oxygen atoms in total. The molecule has 2 aliphatic heterocycles. The molecule has 3 atom stereocenters. The van der Waals surface area contributed by atoms with Crippen LogP contribution in [0.5, 0.6) is 0 Å². The Kier molecular flexibility index (Phi) is 5.22. The Hall–Kier alpha value is -3.25. The summed E-state index contributed by atoms with van der Waals surface area (Å²) in [5, 5.41) is 2.33. The summed E-state index contributed by atoms with van der Waals surface area (Å²) in [5.41, 5.74) is 6.36. The quantitative estimate of drug-likeness (QED) is 0.290. The molecule has 1 amide bonds. The smallest absolute Gasteiger partial charge is 0.254 e. The summed E-state index contributed by atoms with van der Waals surface area (Å²) in [7, 11) is 1.79. The number of benzene rings is 2. The highest BCUT2D eigenvalue weighted by Gasteiger charge is 2.46. The van der Waals surface area contributed by atoms with Crippen molar-refractivity contribution < 1.29 is 13.9 Å². The van der Waals surface area contributed by atoms with Crippen LogP contribution in [0.4, 0.5) is 5.69 Å². The number of aryl methyl sites for hydroxylation is 1. The monoisotopic (exact) mass is 523 g/mol. The number of carbonyl (C=O) groups excluding carboxylic acids is 1. The van der Waals surface area contributed by atoms with E-state index in [-0.39, 0.29) is 5.91 Å². The van der Waals surface area contributed by atoms with E-state index < -0.39 is 0 Å². The molecule has 0 spiro atoms. The van der Waals surface area contributed by atoms with Crippen LogP contribution in [0.3, 0.4) is 0 Å². The molecule has 2 aromatic carbocycles. The first-order chi connectivity index (χ1) is 19.0. The van der Waals surface area contributed by atoms with Gasteiger partial charge < -0.3 is 23.5 Å². The molecular weight excluding hydrogens is 486 g/mol. The Morgan fingerprint density at radius 2 is 1.87 bits per heavy atom. The highest BCUT2D eigenvalue weighted by molar-refractivity contribution is 6.00. The minimum atomic E-state index is 0.156. The van der Waals surface area contributed by atoms with Gasteiger partial charge in [0.15, 0.2) is 5.76 Å². The number of amides is 1. The van der Waals surface area contributed by atoms with Crippen molar-refractivity contribution in [1.82, 2.24) is 9.47 Å². The summed E-state index contributed by atoms with van der Waals surface area (Å²) in [6.07, 6.45) is 5.32. The molecule has 0 N–H and O–H groups in total. The summed E-state index contributed by atoms with van der Waals surface area (Å²) in [6.45, 7) is 8.26. The number of aromatic nitrogens is 1. The molecule has 0 radical (unpaired) electrons. The number of hydrogen-bond donors (Lipinski definition) is 0. The average molecular weight is 524 g/mol. The van der Waals surface area contributed by atoms with Gasteiger partial charge in [0.05, 0.1) is 17.3 Å². The number of hydrogen-bond acceptors (Lipinski definition) is 4. The first-order valence-electron chi connectivity index (χ1n) is 14.7. The average Bonchev–Trinajstić information content (AvgIpc) is 3.33. The van der Waals surface area contributed by atoms with E-state index in [4.69, 9.17) is 9.15 Å². The lowest BCUT2D eigenvalue weighted by Crippen LogP contribution is -2.51. The zero-order chi connectivity index (χ0) is 26.4. The van der Waals surface area contributed by atoms with Crippen LogP contribution in [0.2, 0.25) is 0 Å². The largest absolute Gasteiger partial charge is 0.454 e. The van der Waals surface area contributed by atoms with Crippen LogP contribution in [-0.2, 0) is 11.3 Å². The van der Waals surface area contributed by atoms with Gasteiger partial charge in [0.2, 0.25) is 0 Å². The number of anilines is 1. The van der Waals surface area contributed by atoms with Gasteiger partial charge in [-0.1, -0.05) is 19.1 Å². The second-order valence-corrected chi connectivity index (χ2v) is 12.6. The first-order valence-corrected chi connectivity index (χ1v) is 14.7. The van der Waals surface area contributed by atoms with Gasteiger partial charge in [0, 0.05) is 66.9 Å². The van der Waals surface area contributed by atoms with E-state index in [1.54, 1.807) is 7.11 Å². The highest BCUT2D eigenvalue weighted by atomic mass is 16.5. The number of methoxy groups -OCH3 is 1. The molecule has 39 heavy (non-hydrogen) atoms. The van der Waals surface area contributed by atoms with Gasteiger partial charge in [-0.15, -0.1) is 0 Å². The summed E-state index contributed by atoms with van der Waals surface area (Å²) >= 11 is 0. The fourth-order valence-corrected chi connectivity index (χ4v) is 7.49. The van der Waals surface area contributed by atoms with Gasteiger partial charge in [-0.25, -0.2) is 0 Å². The molecule has 3 unspecified atom stereocenters. The van der Waals surface area contributed by atoms with Crippen molar-refractivity contribution in [2.45, 2.75) is 58.2 Å². The lowest BCUT2D eigenvalue weighted by Gasteiger charge is -2.40. The van der Waals surface area contributed by atoms with Crippen molar-refractivity contribution >= 4 is 33.5 Å². The van der Waals surface area contributed by atoms with Crippen LogP contribution in [0.25, 0.3) is 33.3 Å². The molecule has 6 heteroatoms. The molecule has 4 aliphatic rings. The second-order valence-electron chi connectivity index (χ2n) is 12.6. The fourth-order valence-electron chi connectivity index (χ4n) is 7.49. The molecule has 8 rings (SSSR count). The summed E-state index contributed by atoms with van der Waals surface area (Å²) < 4.78 is 14.6. The third-order valence-corrected chi connectivity index (χ3v) is 10.3. The van der Waals surface area contributed by atoms with Crippen LogP contribution in [0.1, 0.15) is 48.5 Å². The van der Waals surface area contributed by atoms with Crippen LogP contribution in [0, 0.1) is 24.7 Å². The van der Waals surface area contributed by atoms with Crippen LogP contribution in [-0.4, -0.2) is 54.3 Å². The van der Waals surface area contributed by atoms with E-state index in [1.165, 1.54) is 35.9 Å². The number of piperidine rings is 1. The van der Waals surface area contributed by atoms with E-state index >= 15 is 0 Å². The first kappa shape index (κ1) is 23.6. The third-order valence-electron chi connectivity index (χ3n) is 10.3. The Morgan fingerprint density at radius 3 is 2.59 bits per heavy atom. The zero-order valence-corrected chi connectivity index (χ0v) is 23.2. The van der Waals surface area contributed by atoms with Crippen molar-refractivity contribution in [3.05, 3.63) is 53.6 Å². The Morgan fingerprint density at radius 1 is 1.03 bits per heavy atom. The maximum absolute atomic E-state index is 13.5. The number of fused-ring (bicyclic) bond motifs is 4. The zero-order valence-electron chi connectivity index (χ0n) is 23.2. The predicted octanol–water partition coefficient (Wildman–Crippen LogP) is 6.48. The molecule has 2 aliphatic carbocycles. The molecule has 4 heterocycles. The van der Waals surface area contributed by atoms with Crippen LogP contribution < -0.4 is 4.90 Å². The van der Waals surface area contributed by atoms with E-state index in [0.29, 0.717) is 24.0 Å². The number of likely N-dealkylation sites (tertiary alicyclic amines) is 1. The summed E-state index contributed by atoms with van der Waals surface area (Å²) in [5.74, 6) is 3.09. The second kappa shape index (κ2) is 8.62. The molecular formula is C33H37N3O3. The van der Waals surface area contributed by atoms with Crippen molar-refractivity contribution in [1.29, 1.82) is 0 Å². The number of furan rings is 1. The predicted molar refractivity (Wildman–Crippen MR) is 154 cm³/mol. The Labute approximate surface area is 229 Å². The maximum atomic E-state index is 13.5. The molecule has 4 aromatic rings. The molecule has 2 bridgehead atoms. The van der Waals surface area contributed by atoms with Gasteiger partial charge in [-0.05, 0) is 80.7 Å². The van der Waals surface area contributed by atoms with E-state index in [0.717, 1.165) is 72.1 Å². The van der Waals surface area contributed by atoms with E-state index in [1.807, 2.05) is 12.1 Å². The SMILES string of the molecule is COC1CN(c2ccc3cc(-c4oc5cc(C(=O)N6CC7CCC6C7C)ccc5c4C)n(CC4CC4)c3c2)C1. The minimum Gasteiger partial charge on any atom is -0.454 e. The molecule has 2 saturated carbocycles. The molecule has 2 saturated heterocycles. The van der Waals surface area contributed by atoms with Gasteiger partial charge in [0.25, 0.3) is 5.91 Å². The minimum absolute atomic E-state index is 0.156. The number of ether oxygens (including phenoxy) is 1. The lowest BCUT2D eigenvalue weighted by molar-refractivity contribution is 0.0696. The highest BCUT2D eigenvalue weighted by Crippen LogP contribution is 2.44. The third kappa shape index (κ3) is 3.67. The fraction of sp³-hybridized carbons (Fsp3) is 0.485. The Balaban J connectivity index is 1.17.